The molecule has 18 heavy (non-hydrogen) atoms. The molecule has 0 aliphatic heterocycles. The van der Waals surface area contributed by atoms with E-state index in [1.807, 2.05) is 30.3 Å². The summed E-state index contributed by atoms with van der Waals surface area (Å²) in [6.45, 7) is 4.78. The highest BCUT2D eigenvalue weighted by Gasteiger charge is 2.22. The zero-order valence-corrected chi connectivity index (χ0v) is 11.2. The Labute approximate surface area is 106 Å². The van der Waals surface area contributed by atoms with Crippen molar-refractivity contribution in [2.45, 2.75) is 26.4 Å². The summed E-state index contributed by atoms with van der Waals surface area (Å²) in [4.78, 5) is 0. The van der Waals surface area contributed by atoms with Gasteiger partial charge in [0.2, 0.25) is 0 Å². The summed E-state index contributed by atoms with van der Waals surface area (Å²) in [6.07, 6.45) is 3.50. The molecule has 1 atom stereocenters. The second kappa shape index (κ2) is 4.81. The molecule has 0 spiro atoms. The molecule has 2 aromatic heterocycles. The van der Waals surface area contributed by atoms with E-state index in [4.69, 9.17) is 10.5 Å². The van der Waals surface area contributed by atoms with E-state index < -0.39 is 0 Å². The maximum atomic E-state index is 6.33. The van der Waals surface area contributed by atoms with Crippen LogP contribution in [0.5, 0.6) is 5.75 Å². The number of methoxy groups -OCH3 is 1. The summed E-state index contributed by atoms with van der Waals surface area (Å²) in [5, 5.41) is 8.50. The summed E-state index contributed by atoms with van der Waals surface area (Å²) in [7, 11) is 3.53. The van der Waals surface area contributed by atoms with Gasteiger partial charge in [-0.1, -0.05) is 0 Å². The van der Waals surface area contributed by atoms with Crippen molar-refractivity contribution in [3.05, 3.63) is 29.3 Å². The van der Waals surface area contributed by atoms with E-state index in [0.29, 0.717) is 5.75 Å². The summed E-state index contributed by atoms with van der Waals surface area (Å²) in [5.74, 6) is 0.715. The fourth-order valence-electron chi connectivity index (χ4n) is 2.07. The first-order valence-electron chi connectivity index (χ1n) is 5.93. The van der Waals surface area contributed by atoms with E-state index in [-0.39, 0.29) is 6.04 Å². The van der Waals surface area contributed by atoms with Crippen molar-refractivity contribution in [3.8, 4) is 5.75 Å². The van der Waals surface area contributed by atoms with Crippen molar-refractivity contribution < 1.29 is 4.74 Å². The molecule has 1 unspecified atom stereocenters. The molecule has 0 aliphatic carbocycles. The third-order valence-electron chi connectivity index (χ3n) is 3.27. The molecule has 6 nitrogen and oxygen atoms in total. The van der Waals surface area contributed by atoms with Crippen molar-refractivity contribution >= 4 is 0 Å². The van der Waals surface area contributed by atoms with Gasteiger partial charge in [0, 0.05) is 24.8 Å². The molecule has 0 aliphatic rings. The number of hydrogen-bond donors (Lipinski definition) is 1. The van der Waals surface area contributed by atoms with Crippen LogP contribution in [0, 0.1) is 6.92 Å². The molecule has 0 fully saturated rings. The first-order chi connectivity index (χ1) is 8.60. The topological polar surface area (TPSA) is 70.9 Å². The van der Waals surface area contributed by atoms with E-state index in [0.717, 1.165) is 23.5 Å². The largest absolute Gasteiger partial charge is 0.493 e. The van der Waals surface area contributed by atoms with Crippen LogP contribution in [0.15, 0.2) is 12.4 Å². The van der Waals surface area contributed by atoms with Crippen LogP contribution in [0.3, 0.4) is 0 Å². The second-order valence-electron chi connectivity index (χ2n) is 4.20. The number of nitrogens with two attached hydrogens (primary N) is 1. The lowest BCUT2D eigenvalue weighted by Crippen LogP contribution is -2.18. The van der Waals surface area contributed by atoms with Gasteiger partial charge in [-0.25, -0.2) is 0 Å². The quantitative estimate of drug-likeness (QED) is 0.877. The van der Waals surface area contributed by atoms with E-state index in [1.54, 1.807) is 19.5 Å². The van der Waals surface area contributed by atoms with E-state index in [1.165, 1.54) is 0 Å². The van der Waals surface area contributed by atoms with Crippen LogP contribution in [0.1, 0.15) is 29.9 Å². The van der Waals surface area contributed by atoms with Crippen LogP contribution in [0.25, 0.3) is 0 Å². The summed E-state index contributed by atoms with van der Waals surface area (Å²) < 4.78 is 9.00. The molecule has 2 N–H and O–H groups in total. The molecule has 2 heterocycles. The lowest BCUT2D eigenvalue weighted by molar-refractivity contribution is 0.404. The van der Waals surface area contributed by atoms with Gasteiger partial charge in [-0.15, -0.1) is 0 Å². The highest BCUT2D eigenvalue weighted by Crippen LogP contribution is 2.29. The number of nitrogens with zero attached hydrogens (tertiary/aromatic N) is 4. The smallest absolute Gasteiger partial charge is 0.161 e. The van der Waals surface area contributed by atoms with Gasteiger partial charge in [-0.05, 0) is 13.8 Å². The normalized spacial score (nSPS) is 12.7. The molecule has 0 saturated carbocycles. The molecule has 0 bridgehead atoms. The zero-order chi connectivity index (χ0) is 13.3. The van der Waals surface area contributed by atoms with Gasteiger partial charge in [0.15, 0.2) is 5.75 Å². The Bertz CT molecular complexity index is 521. The highest BCUT2D eigenvalue weighted by atomic mass is 16.5. The Hall–Kier alpha value is -1.82. The third-order valence-corrected chi connectivity index (χ3v) is 3.27. The third kappa shape index (κ3) is 1.88. The van der Waals surface area contributed by atoms with Crippen LogP contribution in [0.4, 0.5) is 0 Å². The van der Waals surface area contributed by atoms with E-state index >= 15 is 0 Å². The van der Waals surface area contributed by atoms with E-state index in [9.17, 15) is 0 Å². The fourth-order valence-corrected chi connectivity index (χ4v) is 2.07. The average Bonchev–Trinajstić information content (AvgIpc) is 2.93. The first-order valence-corrected chi connectivity index (χ1v) is 5.93. The predicted octanol–water partition coefficient (Wildman–Crippen LogP) is 1.00. The summed E-state index contributed by atoms with van der Waals surface area (Å²) >= 11 is 0. The van der Waals surface area contributed by atoms with Crippen LogP contribution < -0.4 is 10.5 Å². The second-order valence-corrected chi connectivity index (χ2v) is 4.20. The van der Waals surface area contributed by atoms with Gasteiger partial charge in [0.05, 0.1) is 25.5 Å². The zero-order valence-electron chi connectivity index (χ0n) is 11.2. The Morgan fingerprint density at radius 3 is 2.61 bits per heavy atom. The Balaban J connectivity index is 2.48. The minimum atomic E-state index is -0.281. The van der Waals surface area contributed by atoms with Gasteiger partial charge in [-0.2, -0.15) is 10.2 Å². The van der Waals surface area contributed by atoms with Crippen molar-refractivity contribution in [2.75, 3.05) is 7.11 Å². The van der Waals surface area contributed by atoms with Crippen molar-refractivity contribution in [1.29, 1.82) is 0 Å². The van der Waals surface area contributed by atoms with Crippen LogP contribution >= 0.6 is 0 Å². The lowest BCUT2D eigenvalue weighted by Gasteiger charge is -2.15. The number of aryl methyl sites for hydroxylation is 2. The Morgan fingerprint density at radius 1 is 1.39 bits per heavy atom. The number of hydrogen-bond acceptors (Lipinski definition) is 4. The van der Waals surface area contributed by atoms with Crippen molar-refractivity contribution in [3.63, 3.8) is 0 Å². The molecular formula is C12H19N5O. The van der Waals surface area contributed by atoms with Crippen LogP contribution in [-0.2, 0) is 13.6 Å². The lowest BCUT2D eigenvalue weighted by atomic mass is 10.1. The first kappa shape index (κ1) is 12.6. The molecule has 2 rings (SSSR count). The summed E-state index contributed by atoms with van der Waals surface area (Å²) in [6, 6.07) is -0.281. The van der Waals surface area contributed by atoms with Crippen molar-refractivity contribution in [2.24, 2.45) is 12.8 Å². The van der Waals surface area contributed by atoms with Gasteiger partial charge in [0.1, 0.15) is 5.69 Å². The molecule has 0 radical (unpaired) electrons. The van der Waals surface area contributed by atoms with E-state index in [2.05, 4.69) is 10.2 Å². The van der Waals surface area contributed by atoms with Crippen molar-refractivity contribution in [1.82, 2.24) is 19.6 Å². The van der Waals surface area contributed by atoms with Gasteiger partial charge in [0.25, 0.3) is 0 Å². The summed E-state index contributed by atoms with van der Waals surface area (Å²) in [5.41, 5.74) is 9.26. The predicted molar refractivity (Wildman–Crippen MR) is 68.4 cm³/mol. The Kier molecular flexibility index (Phi) is 3.38. The molecule has 2 aromatic rings. The van der Waals surface area contributed by atoms with Gasteiger partial charge in [-0.3, -0.25) is 9.36 Å². The molecule has 0 saturated heterocycles. The maximum Gasteiger partial charge on any atom is 0.161 e. The average molecular weight is 249 g/mol. The molecule has 6 heteroatoms. The number of rotatable bonds is 4. The minimum absolute atomic E-state index is 0.281. The van der Waals surface area contributed by atoms with Crippen LogP contribution in [0.2, 0.25) is 0 Å². The standard InChI is InChI=1S/C12H19N5O/c1-5-17-12(10(18-4)7-15-17)11(13)9-6-14-16(3)8(9)2/h6-7,11H,5,13H2,1-4H3. The molecule has 0 aromatic carbocycles. The fraction of sp³-hybridized carbons (Fsp3) is 0.500. The Morgan fingerprint density at radius 2 is 2.11 bits per heavy atom. The molecule has 0 amide bonds. The number of ether oxygens (including phenoxy) is 1. The number of aromatic nitrogens is 4. The monoisotopic (exact) mass is 249 g/mol. The minimum Gasteiger partial charge on any atom is -0.493 e. The molecular weight excluding hydrogens is 230 g/mol. The maximum absolute atomic E-state index is 6.33. The van der Waals surface area contributed by atoms with Gasteiger partial charge < -0.3 is 10.5 Å². The molecule has 98 valence electrons. The highest BCUT2D eigenvalue weighted by molar-refractivity contribution is 5.36. The van der Waals surface area contributed by atoms with Crippen LogP contribution in [-0.4, -0.2) is 26.7 Å². The van der Waals surface area contributed by atoms with Gasteiger partial charge >= 0.3 is 0 Å². The SMILES string of the molecule is CCn1ncc(OC)c1C(N)c1cnn(C)c1C.